The Morgan fingerprint density at radius 3 is 3.00 bits per heavy atom. The van der Waals surface area contributed by atoms with Crippen molar-refractivity contribution in [3.05, 3.63) is 10.4 Å². The molecule has 0 aliphatic carbocycles. The SMILES string of the molecule is CCOCCNC(=O)C(C)N=[N+]=[N-]. The van der Waals surface area contributed by atoms with Crippen LogP contribution in [0.2, 0.25) is 0 Å². The van der Waals surface area contributed by atoms with Crippen LogP contribution in [-0.2, 0) is 9.53 Å². The molecule has 1 amide bonds. The van der Waals surface area contributed by atoms with Crippen molar-refractivity contribution in [3.8, 4) is 0 Å². The standard InChI is InChI=1S/C7H14N4O2/c1-3-13-5-4-9-7(12)6(2)10-11-8/h6H,3-5H2,1-2H3,(H,9,12). The number of ether oxygens (including phenoxy) is 1. The average Bonchev–Trinajstić information content (AvgIpc) is 2.12. The van der Waals surface area contributed by atoms with Crippen molar-refractivity contribution in [1.29, 1.82) is 0 Å². The molecule has 6 nitrogen and oxygen atoms in total. The van der Waals surface area contributed by atoms with Crippen LogP contribution in [0, 0.1) is 0 Å². The van der Waals surface area contributed by atoms with Crippen LogP contribution < -0.4 is 5.32 Å². The molecular weight excluding hydrogens is 172 g/mol. The van der Waals surface area contributed by atoms with Crippen molar-refractivity contribution >= 4 is 5.91 Å². The fourth-order valence-corrected chi connectivity index (χ4v) is 0.668. The summed E-state index contributed by atoms with van der Waals surface area (Å²) in [5.74, 6) is -0.280. The van der Waals surface area contributed by atoms with Gasteiger partial charge in [0.15, 0.2) is 0 Å². The van der Waals surface area contributed by atoms with E-state index in [4.69, 9.17) is 10.3 Å². The van der Waals surface area contributed by atoms with Gasteiger partial charge in [-0.15, -0.1) is 0 Å². The molecule has 0 fully saturated rings. The van der Waals surface area contributed by atoms with Crippen LogP contribution in [-0.4, -0.2) is 31.7 Å². The summed E-state index contributed by atoms with van der Waals surface area (Å²) in [6.45, 7) is 4.96. The lowest BCUT2D eigenvalue weighted by atomic mass is 10.3. The number of hydrogen-bond donors (Lipinski definition) is 1. The van der Waals surface area contributed by atoms with Gasteiger partial charge in [-0.3, -0.25) is 4.79 Å². The summed E-state index contributed by atoms with van der Waals surface area (Å²) >= 11 is 0. The van der Waals surface area contributed by atoms with E-state index in [0.29, 0.717) is 19.8 Å². The maximum atomic E-state index is 11.1. The number of rotatable bonds is 6. The van der Waals surface area contributed by atoms with Crippen LogP contribution in [0.25, 0.3) is 10.4 Å². The van der Waals surface area contributed by atoms with E-state index in [1.807, 2.05) is 6.92 Å². The van der Waals surface area contributed by atoms with Crippen molar-refractivity contribution in [2.45, 2.75) is 19.9 Å². The molecule has 0 aromatic heterocycles. The van der Waals surface area contributed by atoms with Gasteiger partial charge in [0.05, 0.1) is 6.61 Å². The Kier molecular flexibility index (Phi) is 6.68. The van der Waals surface area contributed by atoms with Crippen molar-refractivity contribution in [2.75, 3.05) is 19.8 Å². The Morgan fingerprint density at radius 1 is 1.77 bits per heavy atom. The highest BCUT2D eigenvalue weighted by molar-refractivity contribution is 5.81. The molecule has 1 atom stereocenters. The van der Waals surface area contributed by atoms with Gasteiger partial charge in [-0.25, -0.2) is 0 Å². The van der Waals surface area contributed by atoms with E-state index >= 15 is 0 Å². The van der Waals surface area contributed by atoms with Crippen molar-refractivity contribution in [3.63, 3.8) is 0 Å². The van der Waals surface area contributed by atoms with Crippen molar-refractivity contribution < 1.29 is 9.53 Å². The number of carbonyl (C=O) groups is 1. The summed E-state index contributed by atoms with van der Waals surface area (Å²) in [7, 11) is 0. The Balaban J connectivity index is 3.56. The summed E-state index contributed by atoms with van der Waals surface area (Å²) in [4.78, 5) is 13.6. The zero-order chi connectivity index (χ0) is 10.1. The van der Waals surface area contributed by atoms with E-state index in [1.54, 1.807) is 0 Å². The largest absolute Gasteiger partial charge is 0.380 e. The maximum absolute atomic E-state index is 11.1. The Labute approximate surface area is 76.9 Å². The molecule has 0 aromatic carbocycles. The molecular formula is C7H14N4O2. The zero-order valence-corrected chi connectivity index (χ0v) is 7.86. The first-order valence-electron chi connectivity index (χ1n) is 4.12. The van der Waals surface area contributed by atoms with Gasteiger partial charge in [-0.1, -0.05) is 5.11 Å². The van der Waals surface area contributed by atoms with Crippen LogP contribution in [0.15, 0.2) is 5.11 Å². The Bertz CT molecular complexity index is 201. The van der Waals surface area contributed by atoms with Gasteiger partial charge >= 0.3 is 0 Å². The molecule has 1 unspecified atom stereocenters. The third kappa shape index (κ3) is 5.95. The predicted molar refractivity (Wildman–Crippen MR) is 48.1 cm³/mol. The molecule has 0 aromatic rings. The first kappa shape index (κ1) is 11.7. The molecule has 74 valence electrons. The minimum absolute atomic E-state index is 0.280. The smallest absolute Gasteiger partial charge is 0.228 e. The Hall–Kier alpha value is -1.26. The molecule has 13 heavy (non-hydrogen) atoms. The number of amides is 1. The molecule has 1 N–H and O–H groups in total. The van der Waals surface area contributed by atoms with Crippen LogP contribution in [0.4, 0.5) is 0 Å². The lowest BCUT2D eigenvalue weighted by Crippen LogP contribution is -2.33. The fourth-order valence-electron chi connectivity index (χ4n) is 0.668. The second kappa shape index (κ2) is 7.39. The van der Waals surface area contributed by atoms with Gasteiger partial charge in [0, 0.05) is 18.1 Å². The highest BCUT2D eigenvalue weighted by atomic mass is 16.5. The minimum atomic E-state index is -0.661. The molecule has 0 radical (unpaired) electrons. The summed E-state index contributed by atoms with van der Waals surface area (Å²) in [6, 6.07) is -0.661. The molecule has 0 rings (SSSR count). The van der Waals surface area contributed by atoms with Crippen molar-refractivity contribution in [1.82, 2.24) is 5.32 Å². The molecule has 0 aliphatic rings. The van der Waals surface area contributed by atoms with E-state index in [2.05, 4.69) is 15.3 Å². The van der Waals surface area contributed by atoms with Gasteiger partial charge in [0.25, 0.3) is 0 Å². The highest BCUT2D eigenvalue weighted by Gasteiger charge is 2.08. The molecule has 0 bridgehead atoms. The first-order chi connectivity index (χ1) is 6.22. The second-order valence-corrected chi connectivity index (χ2v) is 2.37. The second-order valence-electron chi connectivity index (χ2n) is 2.37. The number of carbonyl (C=O) groups excluding carboxylic acids is 1. The Morgan fingerprint density at radius 2 is 2.46 bits per heavy atom. The van der Waals surface area contributed by atoms with E-state index < -0.39 is 6.04 Å². The lowest BCUT2D eigenvalue weighted by molar-refractivity contribution is -0.122. The summed E-state index contributed by atoms with van der Waals surface area (Å²) in [5, 5.41) is 5.82. The van der Waals surface area contributed by atoms with Gasteiger partial charge in [0.1, 0.15) is 6.04 Å². The van der Waals surface area contributed by atoms with Gasteiger partial charge in [-0.05, 0) is 19.4 Å². The van der Waals surface area contributed by atoms with Gasteiger partial charge < -0.3 is 10.1 Å². The van der Waals surface area contributed by atoms with Crippen LogP contribution in [0.5, 0.6) is 0 Å². The molecule has 6 heteroatoms. The number of nitrogens with one attached hydrogen (secondary N) is 1. The normalized spacial score (nSPS) is 11.5. The van der Waals surface area contributed by atoms with E-state index in [9.17, 15) is 4.79 Å². The molecule has 0 saturated heterocycles. The maximum Gasteiger partial charge on any atom is 0.228 e. The van der Waals surface area contributed by atoms with Crippen LogP contribution >= 0.6 is 0 Å². The minimum Gasteiger partial charge on any atom is -0.380 e. The lowest BCUT2D eigenvalue weighted by Gasteiger charge is -2.06. The third-order valence-electron chi connectivity index (χ3n) is 1.35. The average molecular weight is 186 g/mol. The van der Waals surface area contributed by atoms with Crippen molar-refractivity contribution in [2.24, 2.45) is 5.11 Å². The molecule has 0 heterocycles. The number of azide groups is 1. The van der Waals surface area contributed by atoms with E-state index in [-0.39, 0.29) is 5.91 Å². The molecule has 0 aliphatic heterocycles. The highest BCUT2D eigenvalue weighted by Crippen LogP contribution is 1.88. The van der Waals surface area contributed by atoms with Gasteiger partial charge in [-0.2, -0.15) is 0 Å². The number of nitrogens with zero attached hydrogens (tertiary/aromatic N) is 3. The molecule has 0 spiro atoms. The topological polar surface area (TPSA) is 87.1 Å². The van der Waals surface area contributed by atoms with E-state index in [0.717, 1.165) is 0 Å². The van der Waals surface area contributed by atoms with Crippen LogP contribution in [0.3, 0.4) is 0 Å². The fraction of sp³-hybridized carbons (Fsp3) is 0.857. The summed E-state index contributed by atoms with van der Waals surface area (Å²) < 4.78 is 5.01. The van der Waals surface area contributed by atoms with Crippen LogP contribution in [0.1, 0.15) is 13.8 Å². The quantitative estimate of drug-likeness (QED) is 0.288. The third-order valence-corrected chi connectivity index (χ3v) is 1.35. The summed E-state index contributed by atoms with van der Waals surface area (Å²) in [5.41, 5.74) is 8.05. The number of hydrogen-bond acceptors (Lipinski definition) is 3. The van der Waals surface area contributed by atoms with E-state index in [1.165, 1.54) is 6.92 Å². The van der Waals surface area contributed by atoms with Gasteiger partial charge in [0.2, 0.25) is 5.91 Å². The zero-order valence-electron chi connectivity index (χ0n) is 7.86. The monoisotopic (exact) mass is 186 g/mol. The predicted octanol–water partition coefficient (Wildman–Crippen LogP) is 0.838. The first-order valence-corrected chi connectivity index (χ1v) is 4.12. The molecule has 0 saturated carbocycles. The summed E-state index contributed by atoms with van der Waals surface area (Å²) in [6.07, 6.45) is 0.